The van der Waals surface area contributed by atoms with Crippen molar-refractivity contribution in [2.45, 2.75) is 76.8 Å². The second kappa shape index (κ2) is 10.8. The van der Waals surface area contributed by atoms with Gasteiger partial charge in [-0.15, -0.1) is 0 Å². The van der Waals surface area contributed by atoms with Gasteiger partial charge >= 0.3 is 5.97 Å². The van der Waals surface area contributed by atoms with Crippen molar-refractivity contribution < 1.29 is 14.3 Å². The summed E-state index contributed by atoms with van der Waals surface area (Å²) in [7, 11) is 1.31. The average molecular weight is 451 g/mol. The number of benzene rings is 1. The molecule has 1 fully saturated rings. The number of esters is 1. The minimum atomic E-state index is -0.855. The highest BCUT2D eigenvalue weighted by Gasteiger charge is 2.27. The summed E-state index contributed by atoms with van der Waals surface area (Å²) in [5.41, 5.74) is 3.01. The summed E-state index contributed by atoms with van der Waals surface area (Å²) in [6.45, 7) is 0.687. The maximum Gasteiger partial charge on any atom is 0.328 e. The van der Waals surface area contributed by atoms with Crippen LogP contribution in [-0.2, 0) is 35.3 Å². The number of hydrogen-bond acceptors (Lipinski definition) is 4. The molecule has 1 N–H and O–H groups in total. The monoisotopic (exact) mass is 450 g/mol. The number of rotatable bonds is 7. The van der Waals surface area contributed by atoms with E-state index in [9.17, 15) is 14.4 Å². The van der Waals surface area contributed by atoms with Gasteiger partial charge in [0.05, 0.1) is 7.11 Å². The Morgan fingerprint density at radius 2 is 1.79 bits per heavy atom. The molecular weight excluding hydrogens is 416 g/mol. The maximum atomic E-state index is 13.5. The zero-order valence-electron chi connectivity index (χ0n) is 19.5. The Bertz CT molecular complexity index is 1040. The van der Waals surface area contributed by atoms with Crippen LogP contribution in [0.1, 0.15) is 72.1 Å². The van der Waals surface area contributed by atoms with E-state index in [0.29, 0.717) is 18.9 Å². The van der Waals surface area contributed by atoms with Crippen molar-refractivity contribution in [3.63, 3.8) is 0 Å². The molecule has 33 heavy (non-hydrogen) atoms. The molecule has 1 aromatic carbocycles. The molecule has 1 amide bonds. The standard InChI is InChI=1S/C27H34N2O4/c1-33-27(32)23(16-19-10-4-2-5-11-19)28-25(30)22-17-21-14-8-9-15-24(21)29(26(22)31)18-20-12-6-3-7-13-20/h2,4-5,10-11,17,20,23H,3,6-9,12-16,18H2,1H3,(H,28,30). The highest BCUT2D eigenvalue weighted by Crippen LogP contribution is 2.27. The molecule has 2 aliphatic carbocycles. The Labute approximate surface area is 195 Å². The van der Waals surface area contributed by atoms with E-state index in [0.717, 1.165) is 55.3 Å². The van der Waals surface area contributed by atoms with Crippen molar-refractivity contribution in [1.82, 2.24) is 9.88 Å². The second-order valence-electron chi connectivity index (χ2n) is 9.40. The normalized spacial score (nSPS) is 17.1. The zero-order chi connectivity index (χ0) is 23.2. The molecule has 176 valence electrons. The summed E-state index contributed by atoms with van der Waals surface area (Å²) in [6, 6.07) is 10.4. The Balaban J connectivity index is 1.62. The van der Waals surface area contributed by atoms with Gasteiger partial charge in [-0.2, -0.15) is 0 Å². The quantitative estimate of drug-likeness (QED) is 0.651. The third-order valence-corrected chi connectivity index (χ3v) is 7.08. The topological polar surface area (TPSA) is 77.4 Å². The molecule has 2 aliphatic rings. The molecule has 6 nitrogen and oxygen atoms in total. The first-order valence-electron chi connectivity index (χ1n) is 12.2. The lowest BCUT2D eigenvalue weighted by Crippen LogP contribution is -2.45. The molecular formula is C27H34N2O4. The van der Waals surface area contributed by atoms with Crippen molar-refractivity contribution >= 4 is 11.9 Å². The van der Waals surface area contributed by atoms with Crippen molar-refractivity contribution in [1.29, 1.82) is 0 Å². The van der Waals surface area contributed by atoms with E-state index >= 15 is 0 Å². The van der Waals surface area contributed by atoms with Gasteiger partial charge in [0.2, 0.25) is 0 Å². The molecule has 0 saturated heterocycles. The van der Waals surface area contributed by atoms with Gasteiger partial charge in [0, 0.05) is 18.7 Å². The number of pyridine rings is 1. The number of hydrogen-bond donors (Lipinski definition) is 1. The van der Waals surface area contributed by atoms with Gasteiger partial charge in [-0.1, -0.05) is 49.6 Å². The number of nitrogens with one attached hydrogen (secondary N) is 1. The maximum absolute atomic E-state index is 13.5. The molecule has 0 radical (unpaired) electrons. The summed E-state index contributed by atoms with van der Waals surface area (Å²) in [5.74, 6) is -0.536. The van der Waals surface area contributed by atoms with E-state index < -0.39 is 17.9 Å². The molecule has 1 heterocycles. The van der Waals surface area contributed by atoms with Crippen LogP contribution in [0.25, 0.3) is 0 Å². The summed E-state index contributed by atoms with van der Waals surface area (Å²) in [5, 5.41) is 2.78. The van der Waals surface area contributed by atoms with Gasteiger partial charge in [-0.25, -0.2) is 4.79 Å². The Morgan fingerprint density at radius 1 is 1.06 bits per heavy atom. The first kappa shape index (κ1) is 23.3. The third-order valence-electron chi connectivity index (χ3n) is 7.08. The van der Waals surface area contributed by atoms with Crippen LogP contribution in [0, 0.1) is 5.92 Å². The van der Waals surface area contributed by atoms with Gasteiger partial charge in [0.1, 0.15) is 11.6 Å². The van der Waals surface area contributed by atoms with E-state index in [-0.39, 0.29) is 11.1 Å². The number of amides is 1. The number of fused-ring (bicyclic) bond motifs is 1. The average Bonchev–Trinajstić information content (AvgIpc) is 2.86. The summed E-state index contributed by atoms with van der Waals surface area (Å²) in [6.07, 6.45) is 10.2. The van der Waals surface area contributed by atoms with Crippen molar-refractivity contribution in [3.05, 3.63) is 69.1 Å². The fraction of sp³-hybridized carbons (Fsp3) is 0.519. The minimum Gasteiger partial charge on any atom is -0.467 e. The van der Waals surface area contributed by atoms with Crippen molar-refractivity contribution in [2.24, 2.45) is 5.92 Å². The van der Waals surface area contributed by atoms with Gasteiger partial charge < -0.3 is 14.6 Å². The van der Waals surface area contributed by atoms with Crippen LogP contribution < -0.4 is 10.9 Å². The third kappa shape index (κ3) is 5.55. The lowest BCUT2D eigenvalue weighted by Gasteiger charge is -2.27. The predicted molar refractivity (Wildman–Crippen MR) is 127 cm³/mol. The first-order chi connectivity index (χ1) is 16.1. The predicted octanol–water partition coefficient (Wildman–Crippen LogP) is 3.82. The zero-order valence-corrected chi connectivity index (χ0v) is 19.5. The van der Waals surface area contributed by atoms with Gasteiger partial charge in [0.25, 0.3) is 11.5 Å². The summed E-state index contributed by atoms with van der Waals surface area (Å²) < 4.78 is 6.81. The SMILES string of the molecule is COC(=O)C(Cc1ccccc1)NC(=O)c1cc2c(n(CC3CCCCC3)c1=O)CCCC2. The highest BCUT2D eigenvalue weighted by molar-refractivity contribution is 5.96. The molecule has 0 bridgehead atoms. The van der Waals surface area contributed by atoms with E-state index in [2.05, 4.69) is 5.32 Å². The van der Waals surface area contributed by atoms with Crippen LogP contribution >= 0.6 is 0 Å². The molecule has 1 saturated carbocycles. The van der Waals surface area contributed by atoms with Gasteiger partial charge in [-0.3, -0.25) is 9.59 Å². The van der Waals surface area contributed by atoms with Crippen LogP contribution in [-0.4, -0.2) is 29.6 Å². The van der Waals surface area contributed by atoms with Crippen molar-refractivity contribution in [3.8, 4) is 0 Å². The van der Waals surface area contributed by atoms with Gasteiger partial charge in [0.15, 0.2) is 0 Å². The van der Waals surface area contributed by atoms with Crippen molar-refractivity contribution in [2.75, 3.05) is 7.11 Å². The fourth-order valence-electron chi connectivity index (χ4n) is 5.29. The molecule has 1 atom stereocenters. The lowest BCUT2D eigenvalue weighted by atomic mass is 9.88. The van der Waals surface area contributed by atoms with Gasteiger partial charge in [-0.05, 0) is 61.6 Å². The Kier molecular flexibility index (Phi) is 7.63. The van der Waals surface area contributed by atoms with Crippen LogP contribution in [0.2, 0.25) is 0 Å². The fourth-order valence-corrected chi connectivity index (χ4v) is 5.29. The smallest absolute Gasteiger partial charge is 0.328 e. The summed E-state index contributed by atoms with van der Waals surface area (Å²) >= 11 is 0. The summed E-state index contributed by atoms with van der Waals surface area (Å²) in [4.78, 5) is 39.2. The molecule has 1 unspecified atom stereocenters. The number of aromatic nitrogens is 1. The van der Waals surface area contributed by atoms with E-state index in [1.165, 1.54) is 26.4 Å². The molecule has 6 heteroatoms. The number of carbonyl (C=O) groups is 2. The first-order valence-corrected chi connectivity index (χ1v) is 12.2. The number of carbonyl (C=O) groups excluding carboxylic acids is 2. The molecule has 1 aromatic heterocycles. The van der Waals surface area contributed by atoms with Crippen LogP contribution in [0.15, 0.2) is 41.2 Å². The van der Waals surface area contributed by atoms with E-state index in [1.807, 2.05) is 34.9 Å². The number of nitrogens with zero attached hydrogens (tertiary/aromatic N) is 1. The molecule has 0 spiro atoms. The minimum absolute atomic E-state index is 0.133. The molecule has 2 aromatic rings. The van der Waals surface area contributed by atoms with E-state index in [4.69, 9.17) is 4.74 Å². The van der Waals surface area contributed by atoms with E-state index in [1.54, 1.807) is 6.07 Å². The van der Waals surface area contributed by atoms with Crippen LogP contribution in [0.4, 0.5) is 0 Å². The molecule has 0 aliphatic heterocycles. The Hall–Kier alpha value is -2.89. The number of aryl methyl sites for hydroxylation is 1. The van der Waals surface area contributed by atoms with Crippen LogP contribution in [0.5, 0.6) is 0 Å². The number of methoxy groups -OCH3 is 1. The highest BCUT2D eigenvalue weighted by atomic mass is 16.5. The number of ether oxygens (including phenoxy) is 1. The molecule has 4 rings (SSSR count). The van der Waals surface area contributed by atoms with Crippen LogP contribution in [0.3, 0.4) is 0 Å². The lowest BCUT2D eigenvalue weighted by molar-refractivity contribution is -0.142. The largest absolute Gasteiger partial charge is 0.467 e. The second-order valence-corrected chi connectivity index (χ2v) is 9.40. The Morgan fingerprint density at radius 3 is 2.52 bits per heavy atom.